The van der Waals surface area contributed by atoms with Gasteiger partial charge in [0, 0.05) is 25.2 Å². The van der Waals surface area contributed by atoms with Gasteiger partial charge in [-0.2, -0.15) is 0 Å². The van der Waals surface area contributed by atoms with Crippen molar-refractivity contribution >= 4 is 28.9 Å². The van der Waals surface area contributed by atoms with Crippen LogP contribution < -0.4 is 15.0 Å². The van der Waals surface area contributed by atoms with Gasteiger partial charge in [-0.1, -0.05) is 0 Å². The number of fused-ring (bicyclic) bond motifs is 1. The summed E-state index contributed by atoms with van der Waals surface area (Å²) in [6, 6.07) is 5.74. The lowest BCUT2D eigenvalue weighted by atomic mass is 10.1. The summed E-state index contributed by atoms with van der Waals surface area (Å²) in [4.78, 5) is 13.9. The van der Waals surface area contributed by atoms with Crippen LogP contribution in [0.3, 0.4) is 0 Å². The largest absolute Gasteiger partial charge is 0.479 e. The molecule has 0 saturated carbocycles. The standard InChI is InChI=1S/C13H17ClN2O2/c1-9-13(17)16(7-3-6-14)11-8-10(15-2)4-5-12(11)18-9/h4-5,8-9,15H,3,6-7H2,1-2H3. The highest BCUT2D eigenvalue weighted by atomic mass is 35.5. The van der Waals surface area contributed by atoms with E-state index >= 15 is 0 Å². The average molecular weight is 269 g/mol. The summed E-state index contributed by atoms with van der Waals surface area (Å²) in [5.41, 5.74) is 1.77. The monoisotopic (exact) mass is 268 g/mol. The van der Waals surface area contributed by atoms with Gasteiger partial charge in [0.15, 0.2) is 6.10 Å². The minimum atomic E-state index is -0.437. The van der Waals surface area contributed by atoms with Crippen LogP contribution in [0.25, 0.3) is 0 Å². The molecule has 0 aromatic heterocycles. The molecule has 18 heavy (non-hydrogen) atoms. The molecule has 0 saturated heterocycles. The fourth-order valence-electron chi connectivity index (χ4n) is 2.01. The number of benzene rings is 1. The summed E-state index contributed by atoms with van der Waals surface area (Å²) in [7, 11) is 1.85. The Hall–Kier alpha value is -1.42. The van der Waals surface area contributed by atoms with Crippen molar-refractivity contribution in [3.05, 3.63) is 18.2 Å². The highest BCUT2D eigenvalue weighted by Crippen LogP contribution is 2.36. The number of amides is 1. The molecule has 1 aromatic rings. The van der Waals surface area contributed by atoms with Crippen LogP contribution in [0.15, 0.2) is 18.2 Å². The molecule has 0 radical (unpaired) electrons. The molecule has 0 bridgehead atoms. The molecule has 1 aliphatic rings. The number of hydrogen-bond acceptors (Lipinski definition) is 3. The molecule has 1 N–H and O–H groups in total. The van der Waals surface area contributed by atoms with Crippen LogP contribution in [-0.2, 0) is 4.79 Å². The van der Waals surface area contributed by atoms with Crippen LogP contribution in [-0.4, -0.2) is 31.5 Å². The lowest BCUT2D eigenvalue weighted by Crippen LogP contribution is -2.45. The van der Waals surface area contributed by atoms with Gasteiger partial charge in [-0.3, -0.25) is 4.79 Å². The van der Waals surface area contributed by atoms with Gasteiger partial charge in [0.25, 0.3) is 5.91 Å². The molecule has 2 rings (SSSR count). The second-order valence-electron chi connectivity index (χ2n) is 4.22. The normalized spacial score (nSPS) is 18.3. The van der Waals surface area contributed by atoms with Gasteiger partial charge < -0.3 is 15.0 Å². The number of nitrogens with one attached hydrogen (secondary N) is 1. The van der Waals surface area contributed by atoms with Crippen LogP contribution in [0.4, 0.5) is 11.4 Å². The predicted octanol–water partition coefficient (Wildman–Crippen LogP) is 2.47. The topological polar surface area (TPSA) is 41.6 Å². The number of carbonyl (C=O) groups is 1. The first-order valence-electron chi connectivity index (χ1n) is 6.03. The Morgan fingerprint density at radius 2 is 2.28 bits per heavy atom. The van der Waals surface area contributed by atoms with E-state index in [-0.39, 0.29) is 5.91 Å². The highest BCUT2D eigenvalue weighted by Gasteiger charge is 2.31. The van der Waals surface area contributed by atoms with Crippen LogP contribution in [0, 0.1) is 0 Å². The summed E-state index contributed by atoms with van der Waals surface area (Å²) in [5.74, 6) is 1.27. The number of alkyl halides is 1. The van der Waals surface area contributed by atoms with Gasteiger partial charge in [-0.25, -0.2) is 0 Å². The Morgan fingerprint density at radius 1 is 1.50 bits per heavy atom. The molecule has 0 fully saturated rings. The van der Waals surface area contributed by atoms with Gasteiger partial charge in [0.05, 0.1) is 5.69 Å². The third kappa shape index (κ3) is 2.38. The molecular weight excluding hydrogens is 252 g/mol. The Morgan fingerprint density at radius 3 is 2.94 bits per heavy atom. The van der Waals surface area contributed by atoms with Crippen molar-refractivity contribution in [3.63, 3.8) is 0 Å². The number of rotatable bonds is 4. The van der Waals surface area contributed by atoms with E-state index in [1.807, 2.05) is 25.2 Å². The first kappa shape index (κ1) is 13.0. The zero-order chi connectivity index (χ0) is 13.1. The van der Waals surface area contributed by atoms with E-state index < -0.39 is 6.10 Å². The van der Waals surface area contributed by atoms with Crippen LogP contribution in [0.5, 0.6) is 5.75 Å². The number of hydrogen-bond donors (Lipinski definition) is 1. The van der Waals surface area contributed by atoms with E-state index in [0.717, 1.165) is 23.5 Å². The van der Waals surface area contributed by atoms with Gasteiger partial charge >= 0.3 is 0 Å². The Bertz CT molecular complexity index is 451. The summed E-state index contributed by atoms with van der Waals surface area (Å²) in [6.45, 7) is 2.39. The van der Waals surface area contributed by atoms with Crippen molar-refractivity contribution in [2.24, 2.45) is 0 Å². The number of carbonyl (C=O) groups excluding carboxylic acids is 1. The fraction of sp³-hybridized carbons (Fsp3) is 0.462. The molecule has 1 aromatic carbocycles. The zero-order valence-corrected chi connectivity index (χ0v) is 11.3. The van der Waals surface area contributed by atoms with Crippen LogP contribution in [0.1, 0.15) is 13.3 Å². The molecule has 1 heterocycles. The Labute approximate surface area is 112 Å². The van der Waals surface area contributed by atoms with Crippen LogP contribution in [0.2, 0.25) is 0 Å². The van der Waals surface area contributed by atoms with Crippen molar-refractivity contribution in [2.45, 2.75) is 19.4 Å². The average Bonchev–Trinajstić information content (AvgIpc) is 2.39. The van der Waals surface area contributed by atoms with E-state index in [2.05, 4.69) is 5.32 Å². The molecule has 0 aliphatic carbocycles. The van der Waals surface area contributed by atoms with Crippen molar-refractivity contribution < 1.29 is 9.53 Å². The summed E-state index contributed by atoms with van der Waals surface area (Å²) < 4.78 is 5.60. The van der Waals surface area contributed by atoms with E-state index in [1.54, 1.807) is 11.8 Å². The maximum Gasteiger partial charge on any atom is 0.267 e. The first-order valence-corrected chi connectivity index (χ1v) is 6.56. The molecule has 1 unspecified atom stereocenters. The number of halogens is 1. The quantitative estimate of drug-likeness (QED) is 0.853. The van der Waals surface area contributed by atoms with Crippen molar-refractivity contribution in [1.29, 1.82) is 0 Å². The van der Waals surface area contributed by atoms with E-state index in [0.29, 0.717) is 12.4 Å². The molecule has 98 valence electrons. The van der Waals surface area contributed by atoms with Crippen molar-refractivity contribution in [1.82, 2.24) is 0 Å². The summed E-state index contributed by atoms with van der Waals surface area (Å²) in [6.07, 6.45) is 0.330. The summed E-state index contributed by atoms with van der Waals surface area (Å²) >= 11 is 5.71. The second-order valence-corrected chi connectivity index (χ2v) is 4.60. The summed E-state index contributed by atoms with van der Waals surface area (Å²) in [5, 5.41) is 3.06. The number of ether oxygens (including phenoxy) is 1. The van der Waals surface area contributed by atoms with E-state index in [9.17, 15) is 4.79 Å². The van der Waals surface area contributed by atoms with E-state index in [1.165, 1.54) is 0 Å². The second kappa shape index (κ2) is 5.48. The first-order chi connectivity index (χ1) is 8.67. The van der Waals surface area contributed by atoms with Crippen LogP contribution >= 0.6 is 11.6 Å². The molecule has 1 aliphatic heterocycles. The van der Waals surface area contributed by atoms with Gasteiger partial charge in [-0.05, 0) is 31.5 Å². The minimum absolute atomic E-state index is 0.0131. The fourth-order valence-corrected chi connectivity index (χ4v) is 2.13. The molecule has 0 spiro atoms. The smallest absolute Gasteiger partial charge is 0.267 e. The Balaban J connectivity index is 2.36. The highest BCUT2D eigenvalue weighted by molar-refractivity contribution is 6.17. The zero-order valence-electron chi connectivity index (χ0n) is 10.6. The molecular formula is C13H17ClN2O2. The van der Waals surface area contributed by atoms with Crippen molar-refractivity contribution in [2.75, 3.05) is 29.7 Å². The molecule has 1 atom stereocenters. The van der Waals surface area contributed by atoms with E-state index in [4.69, 9.17) is 16.3 Å². The SMILES string of the molecule is CNc1ccc2c(c1)N(CCCCl)C(=O)C(C)O2. The number of nitrogens with zero attached hydrogens (tertiary/aromatic N) is 1. The third-order valence-electron chi connectivity index (χ3n) is 2.97. The Kier molecular flexibility index (Phi) is 3.97. The maximum atomic E-state index is 12.1. The third-order valence-corrected chi connectivity index (χ3v) is 3.24. The molecule has 4 nitrogen and oxygen atoms in total. The lowest BCUT2D eigenvalue weighted by molar-refractivity contribution is -0.125. The number of anilines is 2. The van der Waals surface area contributed by atoms with Gasteiger partial charge in [-0.15, -0.1) is 11.6 Å². The maximum absolute atomic E-state index is 12.1. The van der Waals surface area contributed by atoms with Crippen molar-refractivity contribution in [3.8, 4) is 5.75 Å². The van der Waals surface area contributed by atoms with Gasteiger partial charge in [0.1, 0.15) is 5.75 Å². The van der Waals surface area contributed by atoms with Gasteiger partial charge in [0.2, 0.25) is 0 Å². The molecule has 5 heteroatoms. The predicted molar refractivity (Wildman–Crippen MR) is 73.8 cm³/mol. The lowest BCUT2D eigenvalue weighted by Gasteiger charge is -2.33. The minimum Gasteiger partial charge on any atom is -0.479 e. The molecule has 1 amide bonds.